The zero-order valence-corrected chi connectivity index (χ0v) is 12.1. The van der Waals surface area contributed by atoms with Crippen molar-refractivity contribution in [2.45, 2.75) is 55.2 Å². The summed E-state index contributed by atoms with van der Waals surface area (Å²) in [7, 11) is 0. The predicted molar refractivity (Wildman–Crippen MR) is 78.3 cm³/mol. The van der Waals surface area contributed by atoms with Gasteiger partial charge in [-0.3, -0.25) is 0 Å². The van der Waals surface area contributed by atoms with E-state index in [4.69, 9.17) is 11.6 Å². The molecule has 0 saturated carbocycles. The van der Waals surface area contributed by atoms with Crippen LogP contribution in [0, 0.1) is 0 Å². The van der Waals surface area contributed by atoms with Gasteiger partial charge in [-0.2, -0.15) is 0 Å². The van der Waals surface area contributed by atoms with Crippen molar-refractivity contribution in [1.29, 1.82) is 0 Å². The van der Waals surface area contributed by atoms with Crippen LogP contribution in [0.2, 0.25) is 0 Å². The number of halogens is 1. The fourth-order valence-electron chi connectivity index (χ4n) is 2.51. The minimum absolute atomic E-state index is 0.393. The highest BCUT2D eigenvalue weighted by atomic mass is 35.5. The third-order valence-electron chi connectivity index (χ3n) is 3.47. The van der Waals surface area contributed by atoms with Gasteiger partial charge in [0, 0.05) is 16.0 Å². The third kappa shape index (κ3) is 3.66. The minimum atomic E-state index is 0.393. The van der Waals surface area contributed by atoms with Crippen LogP contribution < -0.4 is 0 Å². The lowest BCUT2D eigenvalue weighted by molar-refractivity contribution is 0.576. The van der Waals surface area contributed by atoms with E-state index < -0.39 is 0 Å². The molecule has 1 heterocycles. The maximum atomic E-state index is 6.26. The summed E-state index contributed by atoms with van der Waals surface area (Å²) >= 11 is 8.27. The molecule has 94 valence electrons. The molecule has 1 aromatic rings. The Labute approximate surface area is 114 Å². The average Bonchev–Trinajstić information content (AvgIpc) is 2.73. The minimum Gasteiger partial charge on any atom is -0.125 e. The molecule has 0 fully saturated rings. The van der Waals surface area contributed by atoms with Crippen molar-refractivity contribution in [2.24, 2.45) is 0 Å². The second kappa shape index (κ2) is 6.70. The summed E-state index contributed by atoms with van der Waals surface area (Å²) in [4.78, 5) is 1.49. The second-order valence-corrected chi connectivity index (χ2v) is 6.54. The van der Waals surface area contributed by atoms with E-state index in [0.29, 0.717) is 5.38 Å². The summed E-state index contributed by atoms with van der Waals surface area (Å²) in [6.07, 6.45) is 6.12. The molecule has 2 heteroatoms. The van der Waals surface area contributed by atoms with Crippen LogP contribution >= 0.6 is 23.4 Å². The van der Waals surface area contributed by atoms with Gasteiger partial charge in [0.05, 0.1) is 0 Å². The Bertz CT molecular complexity index is 351. The molecule has 1 aliphatic heterocycles. The highest BCUT2D eigenvalue weighted by molar-refractivity contribution is 7.99. The molecule has 0 N–H and O–H groups in total. The van der Waals surface area contributed by atoms with Gasteiger partial charge in [0.1, 0.15) is 0 Å². The van der Waals surface area contributed by atoms with Crippen LogP contribution in [0.25, 0.3) is 0 Å². The van der Waals surface area contributed by atoms with E-state index in [9.17, 15) is 0 Å². The number of hydrogen-bond donors (Lipinski definition) is 0. The molecule has 0 saturated heterocycles. The number of hydrogen-bond acceptors (Lipinski definition) is 1. The highest BCUT2D eigenvalue weighted by Gasteiger charge is 2.22. The van der Waals surface area contributed by atoms with Crippen molar-refractivity contribution in [1.82, 2.24) is 0 Å². The molecular weight excluding hydrogens is 248 g/mol. The fraction of sp³-hybridized carbons (Fsp3) is 0.600. The van der Waals surface area contributed by atoms with E-state index in [1.54, 1.807) is 5.56 Å². The molecule has 0 aliphatic carbocycles. The van der Waals surface area contributed by atoms with Crippen LogP contribution in [0.4, 0.5) is 0 Å². The number of benzene rings is 1. The predicted octanol–water partition coefficient (Wildman–Crippen LogP) is 5.45. The molecular formula is C15H21ClS. The number of fused-ring (bicyclic) bond motifs is 1. The molecule has 2 rings (SSSR count). The summed E-state index contributed by atoms with van der Waals surface area (Å²) in [5.74, 6) is 2.03. The lowest BCUT2D eigenvalue weighted by Gasteiger charge is -2.12. The summed E-state index contributed by atoms with van der Waals surface area (Å²) in [6.45, 7) is 2.21. The number of alkyl halides is 1. The van der Waals surface area contributed by atoms with Crippen molar-refractivity contribution >= 4 is 23.4 Å². The van der Waals surface area contributed by atoms with Crippen LogP contribution in [0.15, 0.2) is 29.2 Å². The van der Waals surface area contributed by atoms with E-state index in [0.717, 1.165) is 12.3 Å². The van der Waals surface area contributed by atoms with Crippen LogP contribution in [0.5, 0.6) is 0 Å². The quantitative estimate of drug-likeness (QED) is 0.618. The normalized spacial score (nSPS) is 20.2. The number of thioether (sulfide) groups is 1. The van der Waals surface area contributed by atoms with Crippen molar-refractivity contribution in [3.63, 3.8) is 0 Å². The van der Waals surface area contributed by atoms with Gasteiger partial charge in [0.25, 0.3) is 0 Å². The first-order valence-electron chi connectivity index (χ1n) is 6.67. The fourth-order valence-corrected chi connectivity index (χ4v) is 4.19. The van der Waals surface area contributed by atoms with Gasteiger partial charge in [-0.1, -0.05) is 38.0 Å². The molecule has 1 aromatic carbocycles. The Morgan fingerprint density at radius 3 is 3.00 bits per heavy atom. The monoisotopic (exact) mass is 268 g/mol. The first kappa shape index (κ1) is 13.3. The highest BCUT2D eigenvalue weighted by Crippen LogP contribution is 2.41. The summed E-state index contributed by atoms with van der Waals surface area (Å²) < 4.78 is 0. The van der Waals surface area contributed by atoms with E-state index in [-0.39, 0.29) is 0 Å². The molecule has 0 aromatic heterocycles. The lowest BCUT2D eigenvalue weighted by atomic mass is 9.95. The van der Waals surface area contributed by atoms with Gasteiger partial charge in [0.15, 0.2) is 0 Å². The smallest absolute Gasteiger partial charge is 0.0336 e. The van der Waals surface area contributed by atoms with Gasteiger partial charge in [0.2, 0.25) is 0 Å². The van der Waals surface area contributed by atoms with Gasteiger partial charge in [-0.25, -0.2) is 0 Å². The standard InChI is InChI=1S/C15H21ClS/c1-2-6-13(16)8-5-7-12-11-17-15-10-4-3-9-14(12)15/h3-4,9-10,12-13H,2,5-8,11H2,1H3. The third-order valence-corrected chi connectivity index (χ3v) is 5.16. The van der Waals surface area contributed by atoms with Crippen molar-refractivity contribution in [3.05, 3.63) is 29.8 Å². The molecule has 2 atom stereocenters. The summed E-state index contributed by atoms with van der Waals surface area (Å²) in [5, 5.41) is 0.393. The maximum Gasteiger partial charge on any atom is 0.0336 e. The first-order chi connectivity index (χ1) is 8.31. The van der Waals surface area contributed by atoms with Gasteiger partial charge >= 0.3 is 0 Å². The molecule has 0 spiro atoms. The van der Waals surface area contributed by atoms with E-state index in [1.807, 2.05) is 11.8 Å². The van der Waals surface area contributed by atoms with Crippen LogP contribution in [-0.2, 0) is 0 Å². The second-order valence-electron chi connectivity index (χ2n) is 4.86. The van der Waals surface area contributed by atoms with Crippen molar-refractivity contribution in [3.8, 4) is 0 Å². The molecule has 0 nitrogen and oxygen atoms in total. The Kier molecular flexibility index (Phi) is 5.24. The van der Waals surface area contributed by atoms with Crippen LogP contribution in [0.1, 0.15) is 50.5 Å². The van der Waals surface area contributed by atoms with Crippen LogP contribution in [0.3, 0.4) is 0 Å². The molecule has 2 unspecified atom stereocenters. The zero-order chi connectivity index (χ0) is 12.1. The van der Waals surface area contributed by atoms with E-state index >= 15 is 0 Å². The summed E-state index contributed by atoms with van der Waals surface area (Å²) in [5.41, 5.74) is 1.57. The Balaban J connectivity index is 1.78. The molecule has 1 aliphatic rings. The average molecular weight is 269 g/mol. The largest absolute Gasteiger partial charge is 0.125 e. The zero-order valence-electron chi connectivity index (χ0n) is 10.5. The van der Waals surface area contributed by atoms with Crippen molar-refractivity contribution < 1.29 is 0 Å². The van der Waals surface area contributed by atoms with Gasteiger partial charge in [-0.05, 0) is 36.8 Å². The Morgan fingerprint density at radius 2 is 2.18 bits per heavy atom. The Morgan fingerprint density at radius 1 is 1.35 bits per heavy atom. The molecule has 17 heavy (non-hydrogen) atoms. The lowest BCUT2D eigenvalue weighted by Crippen LogP contribution is -2.01. The van der Waals surface area contributed by atoms with Crippen LogP contribution in [-0.4, -0.2) is 11.1 Å². The van der Waals surface area contributed by atoms with E-state index in [1.165, 1.54) is 36.3 Å². The molecule has 0 amide bonds. The topological polar surface area (TPSA) is 0 Å². The maximum absolute atomic E-state index is 6.26. The Hall–Kier alpha value is -0.140. The number of rotatable bonds is 6. The summed E-state index contributed by atoms with van der Waals surface area (Å²) in [6, 6.07) is 8.86. The molecule has 0 bridgehead atoms. The van der Waals surface area contributed by atoms with E-state index in [2.05, 4.69) is 31.2 Å². The van der Waals surface area contributed by atoms with Crippen molar-refractivity contribution in [2.75, 3.05) is 5.75 Å². The van der Waals surface area contributed by atoms with Gasteiger partial charge in [-0.15, -0.1) is 23.4 Å². The molecule has 0 radical (unpaired) electrons. The van der Waals surface area contributed by atoms with Gasteiger partial charge < -0.3 is 0 Å². The SMILES string of the molecule is CCCC(Cl)CCCC1CSc2ccccc21. The first-order valence-corrected chi connectivity index (χ1v) is 8.09.